The Kier molecular flexibility index (Phi) is 6.51. The largest absolute Gasteiger partial charge is 0.300 e. The van der Waals surface area contributed by atoms with E-state index >= 15 is 0 Å². The van der Waals surface area contributed by atoms with Gasteiger partial charge in [-0.05, 0) is 25.3 Å². The van der Waals surface area contributed by atoms with Crippen molar-refractivity contribution in [1.82, 2.24) is 14.5 Å². The lowest BCUT2D eigenvalue weighted by Gasteiger charge is -2.29. The number of benzene rings is 1. The van der Waals surface area contributed by atoms with Gasteiger partial charge in [-0.15, -0.1) is 10.2 Å². The van der Waals surface area contributed by atoms with Crippen molar-refractivity contribution in [1.29, 1.82) is 0 Å². The molecular formula is C17H22N4O3S3. The molecule has 146 valence electrons. The highest BCUT2D eigenvalue weighted by molar-refractivity contribution is 8.00. The lowest BCUT2D eigenvalue weighted by molar-refractivity contribution is -0.120. The number of piperidine rings is 1. The number of amides is 1. The van der Waals surface area contributed by atoms with Gasteiger partial charge in [0.1, 0.15) is 0 Å². The highest BCUT2D eigenvalue weighted by Gasteiger charge is 2.29. The maximum Gasteiger partial charge on any atom is 0.229 e. The molecule has 1 aliphatic heterocycles. The van der Waals surface area contributed by atoms with Crippen LogP contribution in [0.5, 0.6) is 0 Å². The number of thioether (sulfide) groups is 1. The number of nitrogens with zero attached hydrogens (tertiary/aromatic N) is 3. The Morgan fingerprint density at radius 2 is 2.07 bits per heavy atom. The van der Waals surface area contributed by atoms with E-state index in [2.05, 4.69) is 40.6 Å². The first kappa shape index (κ1) is 20.2. The van der Waals surface area contributed by atoms with E-state index in [1.165, 1.54) is 33.0 Å². The Hall–Kier alpha value is -1.49. The third-order valence-electron chi connectivity index (χ3n) is 4.38. The molecule has 3 rings (SSSR count). The second-order valence-electron chi connectivity index (χ2n) is 6.58. The molecule has 10 heteroatoms. The van der Waals surface area contributed by atoms with Crippen LogP contribution in [0.2, 0.25) is 0 Å². The summed E-state index contributed by atoms with van der Waals surface area (Å²) in [5.74, 6) is 0.485. The number of rotatable bonds is 6. The minimum absolute atomic E-state index is 0.116. The predicted octanol–water partition coefficient (Wildman–Crippen LogP) is 2.75. The van der Waals surface area contributed by atoms with Crippen molar-refractivity contribution in [2.75, 3.05) is 24.7 Å². The van der Waals surface area contributed by atoms with Gasteiger partial charge < -0.3 is 5.32 Å². The molecule has 1 saturated heterocycles. The molecule has 0 atom stereocenters. The molecule has 0 unspecified atom stereocenters. The van der Waals surface area contributed by atoms with E-state index in [0.29, 0.717) is 31.1 Å². The SMILES string of the molecule is Cc1cccc(CSc2nnc(NC(=O)C3CCN(S(C)(=O)=O)CC3)s2)c1. The van der Waals surface area contributed by atoms with Crippen LogP contribution in [0.1, 0.15) is 24.0 Å². The van der Waals surface area contributed by atoms with Crippen molar-refractivity contribution in [2.45, 2.75) is 29.9 Å². The van der Waals surface area contributed by atoms with Crippen molar-refractivity contribution in [2.24, 2.45) is 5.92 Å². The van der Waals surface area contributed by atoms with Crippen molar-refractivity contribution in [3.63, 3.8) is 0 Å². The van der Waals surface area contributed by atoms with E-state index < -0.39 is 10.0 Å². The lowest BCUT2D eigenvalue weighted by atomic mass is 9.97. The fourth-order valence-corrected chi connectivity index (χ4v) is 5.49. The zero-order chi connectivity index (χ0) is 19.4. The van der Waals surface area contributed by atoms with Crippen LogP contribution in [-0.4, -0.2) is 48.2 Å². The molecule has 0 aliphatic carbocycles. The molecule has 1 aromatic heterocycles. The van der Waals surface area contributed by atoms with Crippen LogP contribution in [0.3, 0.4) is 0 Å². The van der Waals surface area contributed by atoms with Gasteiger partial charge in [-0.2, -0.15) is 0 Å². The molecule has 2 heterocycles. The third kappa shape index (κ3) is 5.74. The van der Waals surface area contributed by atoms with E-state index in [4.69, 9.17) is 0 Å². The monoisotopic (exact) mass is 426 g/mol. The number of hydrogen-bond donors (Lipinski definition) is 1. The van der Waals surface area contributed by atoms with Gasteiger partial charge in [-0.1, -0.05) is 52.9 Å². The molecule has 1 N–H and O–H groups in total. The van der Waals surface area contributed by atoms with Gasteiger partial charge in [0.2, 0.25) is 21.1 Å². The fourth-order valence-electron chi connectivity index (χ4n) is 2.92. The second kappa shape index (κ2) is 8.68. The topological polar surface area (TPSA) is 92.3 Å². The summed E-state index contributed by atoms with van der Waals surface area (Å²) in [4.78, 5) is 12.4. The highest BCUT2D eigenvalue weighted by Crippen LogP contribution is 2.29. The van der Waals surface area contributed by atoms with Crippen molar-refractivity contribution in [3.05, 3.63) is 35.4 Å². The van der Waals surface area contributed by atoms with Gasteiger partial charge in [-0.25, -0.2) is 12.7 Å². The summed E-state index contributed by atoms with van der Waals surface area (Å²) in [5, 5.41) is 11.5. The van der Waals surface area contributed by atoms with Crippen molar-refractivity contribution in [3.8, 4) is 0 Å². The zero-order valence-corrected chi connectivity index (χ0v) is 17.7. The number of sulfonamides is 1. The first-order chi connectivity index (χ1) is 12.8. The van der Waals surface area contributed by atoms with Gasteiger partial charge in [0.15, 0.2) is 4.34 Å². The lowest BCUT2D eigenvalue weighted by Crippen LogP contribution is -2.40. The van der Waals surface area contributed by atoms with Crippen LogP contribution in [0.15, 0.2) is 28.6 Å². The highest BCUT2D eigenvalue weighted by atomic mass is 32.2. The number of carbonyl (C=O) groups excluding carboxylic acids is 1. The Morgan fingerprint density at radius 1 is 1.33 bits per heavy atom. The second-order valence-corrected chi connectivity index (χ2v) is 10.8. The maximum absolute atomic E-state index is 12.4. The summed E-state index contributed by atoms with van der Waals surface area (Å²) in [5.41, 5.74) is 2.44. The Bertz CT molecular complexity index is 906. The quantitative estimate of drug-likeness (QED) is 0.564. The Balaban J connectivity index is 1.49. The van der Waals surface area contributed by atoms with E-state index in [0.717, 1.165) is 10.1 Å². The number of nitrogens with one attached hydrogen (secondary N) is 1. The number of aryl methyl sites for hydroxylation is 1. The van der Waals surface area contributed by atoms with Gasteiger partial charge >= 0.3 is 0 Å². The van der Waals surface area contributed by atoms with E-state index in [1.807, 2.05) is 6.07 Å². The average molecular weight is 427 g/mol. The first-order valence-electron chi connectivity index (χ1n) is 8.59. The van der Waals surface area contributed by atoms with Gasteiger partial charge in [0.25, 0.3) is 0 Å². The summed E-state index contributed by atoms with van der Waals surface area (Å²) in [7, 11) is -3.18. The average Bonchev–Trinajstić information content (AvgIpc) is 3.07. The zero-order valence-electron chi connectivity index (χ0n) is 15.2. The van der Waals surface area contributed by atoms with Crippen LogP contribution in [-0.2, 0) is 20.6 Å². The van der Waals surface area contributed by atoms with Crippen LogP contribution in [0, 0.1) is 12.8 Å². The third-order valence-corrected chi connectivity index (χ3v) is 7.72. The van der Waals surface area contributed by atoms with Gasteiger partial charge in [0, 0.05) is 24.8 Å². The van der Waals surface area contributed by atoms with Crippen molar-refractivity contribution >= 4 is 44.2 Å². The van der Waals surface area contributed by atoms with Crippen LogP contribution in [0.25, 0.3) is 0 Å². The fraction of sp³-hybridized carbons (Fsp3) is 0.471. The van der Waals surface area contributed by atoms with Crippen LogP contribution < -0.4 is 5.32 Å². The summed E-state index contributed by atoms with van der Waals surface area (Å²) in [6.45, 7) is 2.82. The molecule has 1 aliphatic rings. The number of carbonyl (C=O) groups is 1. The Morgan fingerprint density at radius 3 is 2.74 bits per heavy atom. The minimum Gasteiger partial charge on any atom is -0.300 e. The first-order valence-corrected chi connectivity index (χ1v) is 12.2. The molecule has 0 spiro atoms. The van der Waals surface area contributed by atoms with Gasteiger partial charge in [0.05, 0.1) is 6.26 Å². The Labute approximate surface area is 167 Å². The summed E-state index contributed by atoms with van der Waals surface area (Å²) >= 11 is 2.94. The number of anilines is 1. The summed E-state index contributed by atoms with van der Waals surface area (Å²) in [6, 6.07) is 8.31. The molecule has 7 nitrogen and oxygen atoms in total. The molecule has 1 amide bonds. The van der Waals surface area contributed by atoms with Gasteiger partial charge in [-0.3, -0.25) is 4.79 Å². The summed E-state index contributed by atoms with van der Waals surface area (Å²) < 4.78 is 25.3. The van der Waals surface area contributed by atoms with E-state index in [1.54, 1.807) is 11.8 Å². The molecule has 27 heavy (non-hydrogen) atoms. The van der Waals surface area contributed by atoms with E-state index in [-0.39, 0.29) is 11.8 Å². The number of aromatic nitrogens is 2. The molecule has 2 aromatic rings. The molecule has 1 fully saturated rings. The molecule has 1 aromatic carbocycles. The molecule has 0 saturated carbocycles. The normalized spacial score (nSPS) is 16.4. The van der Waals surface area contributed by atoms with Crippen molar-refractivity contribution < 1.29 is 13.2 Å². The predicted molar refractivity (Wildman–Crippen MR) is 108 cm³/mol. The number of hydrogen-bond acceptors (Lipinski definition) is 7. The van der Waals surface area contributed by atoms with Crippen LogP contribution in [0.4, 0.5) is 5.13 Å². The minimum atomic E-state index is -3.18. The maximum atomic E-state index is 12.4. The molecule has 0 radical (unpaired) electrons. The summed E-state index contributed by atoms with van der Waals surface area (Å²) in [6.07, 6.45) is 2.24. The molecular weight excluding hydrogens is 404 g/mol. The smallest absolute Gasteiger partial charge is 0.229 e. The van der Waals surface area contributed by atoms with Crippen LogP contribution >= 0.6 is 23.1 Å². The molecule has 0 bridgehead atoms. The standard InChI is InChI=1S/C17H22N4O3S3/c1-12-4-3-5-13(10-12)11-25-17-20-19-16(26-17)18-15(22)14-6-8-21(9-7-14)27(2,23)24/h3-5,10,14H,6-9,11H2,1-2H3,(H,18,19,22). The van der Waals surface area contributed by atoms with E-state index in [9.17, 15) is 13.2 Å².